The number of nitrogens with two attached hydrogens (primary N) is 1. The fourth-order valence-electron chi connectivity index (χ4n) is 4.99. The van der Waals surface area contributed by atoms with Gasteiger partial charge in [-0.05, 0) is 28.2 Å². The molecule has 3 rings (SSSR count). The van der Waals surface area contributed by atoms with Gasteiger partial charge in [-0.2, -0.15) is 4.98 Å². The van der Waals surface area contributed by atoms with E-state index in [1.807, 2.05) is 0 Å². The predicted octanol–water partition coefficient (Wildman–Crippen LogP) is 3.04. The van der Waals surface area contributed by atoms with Crippen LogP contribution in [0.15, 0.2) is 17.1 Å². The van der Waals surface area contributed by atoms with Crippen molar-refractivity contribution in [3.8, 4) is 0 Å². The standard InChI is InChI=1S/C21H39N3O6Si2/c1-12(2)31(13(3)4)27-11-16-19(29-32(30-31,14(5)6)15(7)8)18(25)20(28-16)24-10-9-17(22)23-21(24)26/h9-10,12-16,18-20,25H,11H2,1-8H3,(H2,22,23,26). The number of aromatic nitrogens is 2. The SMILES string of the molecule is CC(C)[Si]1(C(C)C)OCC2OC(n3ccc(N)nc3=O)C(O)C2O[Si](C(C)C)(C(C)C)O1. The van der Waals surface area contributed by atoms with Gasteiger partial charge in [0.05, 0.1) is 6.61 Å². The molecule has 0 radical (unpaired) electrons. The van der Waals surface area contributed by atoms with Crippen LogP contribution in [0.2, 0.25) is 22.2 Å². The highest BCUT2D eigenvalue weighted by Gasteiger charge is 2.61. The van der Waals surface area contributed by atoms with Crippen LogP contribution in [-0.4, -0.2) is 56.7 Å². The van der Waals surface area contributed by atoms with E-state index >= 15 is 0 Å². The van der Waals surface area contributed by atoms with Gasteiger partial charge >= 0.3 is 22.8 Å². The molecule has 32 heavy (non-hydrogen) atoms. The molecule has 1 aromatic rings. The lowest BCUT2D eigenvalue weighted by Crippen LogP contribution is -2.65. The molecule has 3 N–H and O–H groups in total. The molecule has 182 valence electrons. The third-order valence-corrected chi connectivity index (χ3v) is 17.0. The minimum Gasteiger partial charge on any atom is -0.414 e. The summed E-state index contributed by atoms with van der Waals surface area (Å²) < 4.78 is 28.1. The number of fused-ring (bicyclic) bond motifs is 1. The van der Waals surface area contributed by atoms with E-state index in [-0.39, 0.29) is 34.6 Å². The molecule has 0 amide bonds. The highest BCUT2D eigenvalue weighted by Crippen LogP contribution is 2.48. The van der Waals surface area contributed by atoms with Crippen LogP contribution in [0.1, 0.15) is 61.6 Å². The van der Waals surface area contributed by atoms with Crippen LogP contribution in [0.3, 0.4) is 0 Å². The molecule has 1 aromatic heterocycles. The molecule has 4 atom stereocenters. The third-order valence-electron chi connectivity index (χ3n) is 6.77. The van der Waals surface area contributed by atoms with Crippen LogP contribution in [0.5, 0.6) is 0 Å². The number of nitrogen functional groups attached to an aromatic ring is 1. The van der Waals surface area contributed by atoms with E-state index in [1.54, 1.807) is 0 Å². The van der Waals surface area contributed by atoms with Gasteiger partial charge < -0.3 is 28.5 Å². The first-order chi connectivity index (χ1) is 14.9. The van der Waals surface area contributed by atoms with Crippen LogP contribution < -0.4 is 11.4 Å². The monoisotopic (exact) mass is 485 g/mol. The van der Waals surface area contributed by atoms with Crippen molar-refractivity contribution in [1.82, 2.24) is 9.55 Å². The summed E-state index contributed by atoms with van der Waals surface area (Å²) in [5.74, 6) is 0.119. The van der Waals surface area contributed by atoms with Crippen molar-refractivity contribution < 1.29 is 22.8 Å². The number of nitrogens with zero attached hydrogens (tertiary/aromatic N) is 2. The Morgan fingerprint density at radius 1 is 1.06 bits per heavy atom. The van der Waals surface area contributed by atoms with Gasteiger partial charge in [0.2, 0.25) is 0 Å². The van der Waals surface area contributed by atoms with Crippen molar-refractivity contribution in [3.05, 3.63) is 22.7 Å². The van der Waals surface area contributed by atoms with Crippen LogP contribution in [0.4, 0.5) is 5.82 Å². The van der Waals surface area contributed by atoms with E-state index in [4.69, 9.17) is 23.4 Å². The van der Waals surface area contributed by atoms with Crippen LogP contribution in [0.25, 0.3) is 0 Å². The average Bonchev–Trinajstić information content (AvgIpc) is 2.96. The maximum Gasteiger partial charge on any atom is 0.351 e. The van der Waals surface area contributed by atoms with E-state index in [1.165, 1.54) is 16.8 Å². The van der Waals surface area contributed by atoms with Gasteiger partial charge in [0.25, 0.3) is 0 Å². The van der Waals surface area contributed by atoms with E-state index < -0.39 is 47.4 Å². The van der Waals surface area contributed by atoms with Crippen LogP contribution in [-0.2, 0) is 17.7 Å². The quantitative estimate of drug-likeness (QED) is 0.611. The minimum atomic E-state index is -2.89. The number of anilines is 1. The summed E-state index contributed by atoms with van der Waals surface area (Å²) >= 11 is 0. The first-order valence-electron chi connectivity index (χ1n) is 11.6. The number of aliphatic hydroxyl groups is 1. The summed E-state index contributed by atoms with van der Waals surface area (Å²) in [7, 11) is -5.59. The second kappa shape index (κ2) is 9.28. The van der Waals surface area contributed by atoms with Gasteiger partial charge in [-0.3, -0.25) is 4.57 Å². The molecular weight excluding hydrogens is 446 g/mol. The summed E-state index contributed by atoms with van der Waals surface area (Å²) in [6.07, 6.45) is -1.73. The van der Waals surface area contributed by atoms with Gasteiger partial charge in [-0.25, -0.2) is 4.79 Å². The van der Waals surface area contributed by atoms with E-state index in [9.17, 15) is 9.90 Å². The largest absolute Gasteiger partial charge is 0.414 e. The Hall–Kier alpha value is -1.09. The maximum absolute atomic E-state index is 12.4. The lowest BCUT2D eigenvalue weighted by Gasteiger charge is -2.51. The van der Waals surface area contributed by atoms with Gasteiger partial charge in [-0.1, -0.05) is 55.4 Å². The Morgan fingerprint density at radius 2 is 1.62 bits per heavy atom. The van der Waals surface area contributed by atoms with Crippen LogP contribution >= 0.6 is 0 Å². The fourth-order valence-corrected chi connectivity index (χ4v) is 16.2. The molecule has 2 aliphatic heterocycles. The van der Waals surface area contributed by atoms with E-state index in [0.29, 0.717) is 0 Å². The smallest absolute Gasteiger partial charge is 0.351 e. The second-order valence-electron chi connectivity index (χ2n) is 10.2. The van der Waals surface area contributed by atoms with Crippen molar-refractivity contribution in [3.63, 3.8) is 0 Å². The number of ether oxygens (including phenoxy) is 1. The molecule has 0 aromatic carbocycles. The van der Waals surface area contributed by atoms with Gasteiger partial charge in [0, 0.05) is 6.20 Å². The second-order valence-corrected chi connectivity index (χ2v) is 19.0. The third kappa shape index (κ3) is 4.24. The summed E-state index contributed by atoms with van der Waals surface area (Å²) in [6, 6.07) is 1.51. The van der Waals surface area contributed by atoms with Crippen molar-refractivity contribution in [2.24, 2.45) is 0 Å². The number of rotatable bonds is 5. The summed E-state index contributed by atoms with van der Waals surface area (Å²) in [4.78, 5) is 16.2. The minimum absolute atomic E-state index is 0.119. The average molecular weight is 486 g/mol. The Morgan fingerprint density at radius 3 is 2.12 bits per heavy atom. The van der Waals surface area contributed by atoms with Gasteiger partial charge in [0.15, 0.2) is 6.23 Å². The molecular formula is C21H39N3O6Si2. The summed E-state index contributed by atoms with van der Waals surface area (Å²) in [5.41, 5.74) is 5.72. The Kier molecular flexibility index (Phi) is 7.40. The van der Waals surface area contributed by atoms with E-state index in [0.717, 1.165) is 0 Å². The highest BCUT2D eigenvalue weighted by atomic mass is 28.5. The van der Waals surface area contributed by atoms with Crippen LogP contribution in [0, 0.1) is 0 Å². The molecule has 11 heteroatoms. The normalized spacial score (nSPS) is 30.0. The number of aliphatic hydroxyl groups excluding tert-OH is 1. The van der Waals surface area contributed by atoms with Gasteiger partial charge in [-0.15, -0.1) is 0 Å². The summed E-state index contributed by atoms with van der Waals surface area (Å²) in [6.45, 7) is 17.3. The zero-order valence-electron chi connectivity index (χ0n) is 20.4. The van der Waals surface area contributed by atoms with E-state index in [2.05, 4.69) is 60.4 Å². The topological polar surface area (TPSA) is 118 Å². The first kappa shape index (κ1) is 25.5. The molecule has 2 fully saturated rings. The Bertz CT molecular complexity index is 846. The molecule has 0 bridgehead atoms. The zero-order chi connectivity index (χ0) is 24.0. The Balaban J connectivity index is 2.07. The molecule has 0 saturated carbocycles. The maximum atomic E-state index is 12.4. The molecule has 3 heterocycles. The highest BCUT2D eigenvalue weighted by molar-refractivity contribution is 6.83. The fraction of sp³-hybridized carbons (Fsp3) is 0.810. The molecule has 9 nitrogen and oxygen atoms in total. The molecule has 2 saturated heterocycles. The van der Waals surface area contributed by atoms with Crippen molar-refractivity contribution >= 4 is 22.9 Å². The first-order valence-corrected chi connectivity index (χ1v) is 15.5. The number of hydrogen-bond donors (Lipinski definition) is 2. The predicted molar refractivity (Wildman–Crippen MR) is 127 cm³/mol. The molecule has 0 aliphatic carbocycles. The molecule has 0 spiro atoms. The van der Waals surface area contributed by atoms with Crippen molar-refractivity contribution in [2.45, 2.75) is 102 Å². The molecule has 4 unspecified atom stereocenters. The van der Waals surface area contributed by atoms with Crippen molar-refractivity contribution in [1.29, 1.82) is 0 Å². The summed E-state index contributed by atoms with van der Waals surface area (Å²) in [5, 5.41) is 11.2. The molecule has 2 aliphatic rings. The lowest BCUT2D eigenvalue weighted by atomic mass is 10.1. The Labute approximate surface area is 192 Å². The lowest BCUT2D eigenvalue weighted by molar-refractivity contribution is -0.0600. The number of hydrogen-bond acceptors (Lipinski definition) is 8. The van der Waals surface area contributed by atoms with Crippen molar-refractivity contribution in [2.75, 3.05) is 12.3 Å². The zero-order valence-corrected chi connectivity index (χ0v) is 22.4. The van der Waals surface area contributed by atoms with Gasteiger partial charge in [0.1, 0.15) is 24.1 Å².